The number of ether oxygens (including phenoxy) is 1. The molecule has 2 amide bonds. The van der Waals surface area contributed by atoms with Crippen molar-refractivity contribution in [2.45, 2.75) is 25.6 Å². The topological polar surface area (TPSA) is 71.5 Å². The van der Waals surface area contributed by atoms with Crippen LogP contribution in [-0.4, -0.2) is 28.8 Å². The van der Waals surface area contributed by atoms with Gasteiger partial charge in [-0.1, -0.05) is 78.9 Å². The molecule has 0 aliphatic carbocycles. The van der Waals surface area contributed by atoms with Crippen LogP contribution in [0.5, 0.6) is 5.75 Å². The zero-order chi connectivity index (χ0) is 25.2. The van der Waals surface area contributed by atoms with Crippen molar-refractivity contribution < 1.29 is 14.3 Å². The summed E-state index contributed by atoms with van der Waals surface area (Å²) in [6.07, 6.45) is 3.60. The van der Waals surface area contributed by atoms with Crippen LogP contribution in [0, 0.1) is 0 Å². The fourth-order valence-electron chi connectivity index (χ4n) is 4.02. The maximum Gasteiger partial charge on any atom is 0.247 e. The van der Waals surface area contributed by atoms with Crippen LogP contribution in [0.1, 0.15) is 28.3 Å². The lowest BCUT2D eigenvalue weighted by atomic mass is 10.0. The number of aromatic nitrogens is 1. The number of nitrogens with zero attached hydrogens (tertiary/aromatic N) is 2. The Morgan fingerprint density at radius 3 is 2.14 bits per heavy atom. The van der Waals surface area contributed by atoms with Gasteiger partial charge in [0.1, 0.15) is 11.8 Å². The summed E-state index contributed by atoms with van der Waals surface area (Å²) in [4.78, 5) is 33.2. The average molecular weight is 480 g/mol. The fraction of sp³-hybridized carbons (Fsp3) is 0.167. The Bertz CT molecular complexity index is 1250. The molecule has 182 valence electrons. The van der Waals surface area contributed by atoms with Gasteiger partial charge in [-0.25, -0.2) is 0 Å². The highest BCUT2D eigenvalue weighted by atomic mass is 16.5. The number of carbonyl (C=O) groups is 2. The van der Waals surface area contributed by atoms with Gasteiger partial charge in [-0.3, -0.25) is 14.6 Å². The normalized spacial score (nSPS) is 11.4. The van der Waals surface area contributed by atoms with Gasteiger partial charge in [0.2, 0.25) is 11.8 Å². The van der Waals surface area contributed by atoms with Gasteiger partial charge in [-0.2, -0.15) is 0 Å². The van der Waals surface area contributed by atoms with E-state index in [4.69, 9.17) is 4.74 Å². The smallest absolute Gasteiger partial charge is 0.247 e. The second kappa shape index (κ2) is 12.3. The molecule has 1 unspecified atom stereocenters. The summed E-state index contributed by atoms with van der Waals surface area (Å²) >= 11 is 0. The largest absolute Gasteiger partial charge is 0.497 e. The molecule has 36 heavy (non-hydrogen) atoms. The van der Waals surface area contributed by atoms with E-state index in [9.17, 15) is 9.59 Å². The highest BCUT2D eigenvalue weighted by Gasteiger charge is 2.31. The van der Waals surface area contributed by atoms with Crippen LogP contribution in [-0.2, 0) is 29.1 Å². The van der Waals surface area contributed by atoms with Crippen LogP contribution >= 0.6 is 0 Å². The van der Waals surface area contributed by atoms with Gasteiger partial charge >= 0.3 is 0 Å². The van der Waals surface area contributed by atoms with Crippen molar-refractivity contribution in [3.63, 3.8) is 0 Å². The zero-order valence-corrected chi connectivity index (χ0v) is 20.2. The first-order chi connectivity index (χ1) is 17.6. The Morgan fingerprint density at radius 2 is 1.50 bits per heavy atom. The van der Waals surface area contributed by atoms with Crippen molar-refractivity contribution in [3.8, 4) is 5.75 Å². The minimum atomic E-state index is -0.804. The van der Waals surface area contributed by atoms with E-state index in [0.717, 1.165) is 28.0 Å². The molecule has 4 rings (SSSR count). The summed E-state index contributed by atoms with van der Waals surface area (Å²) in [5, 5.41) is 3.01. The van der Waals surface area contributed by atoms with Crippen LogP contribution in [0.25, 0.3) is 0 Å². The number of hydrogen-bond acceptors (Lipinski definition) is 4. The van der Waals surface area contributed by atoms with Crippen molar-refractivity contribution in [2.75, 3.05) is 7.11 Å². The van der Waals surface area contributed by atoms with Crippen molar-refractivity contribution in [3.05, 3.63) is 132 Å². The van der Waals surface area contributed by atoms with Gasteiger partial charge in [-0.05, 0) is 40.5 Å². The van der Waals surface area contributed by atoms with Crippen LogP contribution in [0.2, 0.25) is 0 Å². The third-order valence-corrected chi connectivity index (χ3v) is 5.90. The SMILES string of the molecule is COc1ccc(CN(C(=O)Cc2ccccc2)C(C(=O)NCc2cccnc2)c2ccccc2)cc1. The Hall–Kier alpha value is -4.45. The molecule has 1 atom stereocenters. The van der Waals surface area contributed by atoms with Gasteiger partial charge < -0.3 is 15.0 Å². The van der Waals surface area contributed by atoms with Crippen molar-refractivity contribution >= 4 is 11.8 Å². The summed E-state index contributed by atoms with van der Waals surface area (Å²) in [6.45, 7) is 0.592. The fourth-order valence-corrected chi connectivity index (χ4v) is 4.02. The Balaban J connectivity index is 1.66. The molecule has 0 saturated heterocycles. The Labute approximate surface area is 211 Å². The summed E-state index contributed by atoms with van der Waals surface area (Å²) in [5.41, 5.74) is 3.43. The van der Waals surface area contributed by atoms with Crippen molar-refractivity contribution in [1.82, 2.24) is 15.2 Å². The number of carbonyl (C=O) groups excluding carboxylic acids is 2. The predicted octanol–water partition coefficient (Wildman–Crippen LogP) is 4.72. The molecule has 1 heterocycles. The maximum atomic E-state index is 13.7. The molecule has 0 radical (unpaired) electrons. The van der Waals surface area contributed by atoms with E-state index in [1.807, 2.05) is 97.1 Å². The molecule has 3 aromatic carbocycles. The Kier molecular flexibility index (Phi) is 8.44. The summed E-state index contributed by atoms with van der Waals surface area (Å²) in [6, 6.07) is 29.5. The summed E-state index contributed by atoms with van der Waals surface area (Å²) in [5.74, 6) is 0.345. The van der Waals surface area contributed by atoms with E-state index in [1.54, 1.807) is 24.4 Å². The van der Waals surface area contributed by atoms with E-state index in [0.29, 0.717) is 6.54 Å². The van der Waals surface area contributed by atoms with E-state index in [1.165, 1.54) is 0 Å². The lowest BCUT2D eigenvalue weighted by Gasteiger charge is -2.32. The first-order valence-electron chi connectivity index (χ1n) is 11.8. The first kappa shape index (κ1) is 24.7. The number of nitrogens with one attached hydrogen (secondary N) is 1. The van der Waals surface area contributed by atoms with Crippen LogP contribution < -0.4 is 10.1 Å². The second-order valence-corrected chi connectivity index (χ2v) is 8.42. The molecule has 6 nitrogen and oxygen atoms in total. The van der Waals surface area contributed by atoms with E-state index >= 15 is 0 Å². The number of methoxy groups -OCH3 is 1. The standard InChI is InChI=1S/C30H29N3O3/c1-36-27-16-14-24(15-17-27)22-33(28(34)19-23-9-4-2-5-10-23)29(26-12-6-3-7-13-26)30(35)32-21-25-11-8-18-31-20-25/h2-18,20,29H,19,21-22H2,1H3,(H,32,35). The second-order valence-electron chi connectivity index (χ2n) is 8.42. The third-order valence-electron chi connectivity index (χ3n) is 5.90. The van der Waals surface area contributed by atoms with Gasteiger partial charge in [-0.15, -0.1) is 0 Å². The van der Waals surface area contributed by atoms with Gasteiger partial charge in [0.25, 0.3) is 0 Å². The maximum absolute atomic E-state index is 13.7. The molecular weight excluding hydrogens is 450 g/mol. The van der Waals surface area contributed by atoms with Crippen LogP contribution in [0.3, 0.4) is 0 Å². The van der Waals surface area contributed by atoms with Gasteiger partial charge in [0, 0.05) is 25.5 Å². The van der Waals surface area contributed by atoms with E-state index < -0.39 is 6.04 Å². The monoisotopic (exact) mass is 479 g/mol. The number of amides is 2. The molecule has 0 fully saturated rings. The van der Waals surface area contributed by atoms with Crippen LogP contribution in [0.15, 0.2) is 109 Å². The quantitative estimate of drug-likeness (QED) is 0.357. The molecule has 6 heteroatoms. The minimum absolute atomic E-state index is 0.137. The molecule has 0 saturated carbocycles. The number of rotatable bonds is 10. The zero-order valence-electron chi connectivity index (χ0n) is 20.2. The lowest BCUT2D eigenvalue weighted by Crippen LogP contribution is -2.43. The van der Waals surface area contributed by atoms with Gasteiger partial charge in [0.05, 0.1) is 13.5 Å². The highest BCUT2D eigenvalue weighted by Crippen LogP contribution is 2.26. The van der Waals surface area contributed by atoms with Gasteiger partial charge in [0.15, 0.2) is 0 Å². The molecule has 1 N–H and O–H groups in total. The molecule has 0 spiro atoms. The molecular formula is C30H29N3O3. The van der Waals surface area contributed by atoms with Crippen molar-refractivity contribution in [2.24, 2.45) is 0 Å². The van der Waals surface area contributed by atoms with E-state index in [-0.39, 0.29) is 24.8 Å². The third kappa shape index (κ3) is 6.57. The molecule has 0 aliphatic heterocycles. The van der Waals surface area contributed by atoms with Crippen LogP contribution in [0.4, 0.5) is 0 Å². The van der Waals surface area contributed by atoms with Crippen molar-refractivity contribution in [1.29, 1.82) is 0 Å². The first-order valence-corrected chi connectivity index (χ1v) is 11.8. The number of benzene rings is 3. The van der Waals surface area contributed by atoms with E-state index in [2.05, 4.69) is 10.3 Å². The number of hydrogen-bond donors (Lipinski definition) is 1. The molecule has 0 aliphatic rings. The molecule has 4 aromatic rings. The summed E-state index contributed by atoms with van der Waals surface area (Å²) in [7, 11) is 1.61. The molecule has 1 aromatic heterocycles. The molecule has 0 bridgehead atoms. The average Bonchev–Trinajstić information content (AvgIpc) is 2.93. The Morgan fingerprint density at radius 1 is 0.833 bits per heavy atom. The summed E-state index contributed by atoms with van der Waals surface area (Å²) < 4.78 is 5.28. The minimum Gasteiger partial charge on any atom is -0.497 e. The number of pyridine rings is 1. The lowest BCUT2D eigenvalue weighted by molar-refractivity contribution is -0.141. The predicted molar refractivity (Wildman–Crippen MR) is 139 cm³/mol. The highest BCUT2D eigenvalue weighted by molar-refractivity contribution is 5.89.